The van der Waals surface area contributed by atoms with Crippen LogP contribution in [-0.4, -0.2) is 28.5 Å². The van der Waals surface area contributed by atoms with Crippen LogP contribution >= 0.6 is 11.8 Å². The lowest BCUT2D eigenvalue weighted by Crippen LogP contribution is -2.49. The summed E-state index contributed by atoms with van der Waals surface area (Å²) in [6.07, 6.45) is 0.941. The van der Waals surface area contributed by atoms with Crippen molar-refractivity contribution >= 4 is 17.7 Å². The molecule has 3 rings (SSSR count). The first-order valence-corrected chi connectivity index (χ1v) is 11.7. The van der Waals surface area contributed by atoms with Gasteiger partial charge in [-0.1, -0.05) is 79.7 Å². The van der Waals surface area contributed by atoms with Crippen LogP contribution in [0.25, 0.3) is 0 Å². The predicted octanol–water partition coefficient (Wildman–Crippen LogP) is 5.69. The number of thioether (sulfide) groups is 1. The number of carboxylic acid groups (broad SMARTS) is 1. The minimum Gasteiger partial charge on any atom is -0.494 e. The van der Waals surface area contributed by atoms with Crippen molar-refractivity contribution in [3.05, 3.63) is 102 Å². The fourth-order valence-corrected chi connectivity index (χ4v) is 5.56. The minimum atomic E-state index is -1.04. The highest BCUT2D eigenvalue weighted by Gasteiger charge is 2.45. The summed E-state index contributed by atoms with van der Waals surface area (Å²) in [6, 6.07) is 27.4. The van der Waals surface area contributed by atoms with E-state index in [-0.39, 0.29) is 0 Å². The first-order valence-electron chi connectivity index (χ1n) is 10.8. The van der Waals surface area contributed by atoms with Crippen molar-refractivity contribution in [3.8, 4) is 5.75 Å². The van der Waals surface area contributed by atoms with Gasteiger partial charge in [0.15, 0.2) is 0 Å². The first-order chi connectivity index (χ1) is 15.3. The van der Waals surface area contributed by atoms with Crippen molar-refractivity contribution in [2.45, 2.75) is 42.7 Å². The van der Waals surface area contributed by atoms with E-state index in [0.29, 0.717) is 6.61 Å². The number of aliphatic carboxylic acids is 1. The molecule has 0 aliphatic carbocycles. The summed E-state index contributed by atoms with van der Waals surface area (Å²) in [6.45, 7) is 6.54. The largest absolute Gasteiger partial charge is 0.494 e. The number of rotatable bonds is 10. The van der Waals surface area contributed by atoms with Crippen molar-refractivity contribution in [1.29, 1.82) is 0 Å². The van der Waals surface area contributed by atoms with Gasteiger partial charge in [0.25, 0.3) is 0 Å². The number of hydrogen-bond acceptors (Lipinski definition) is 4. The molecule has 4 nitrogen and oxygen atoms in total. The number of ether oxygens (including phenoxy) is 1. The molecular formula is C27H31NO3S. The lowest BCUT2D eigenvalue weighted by molar-refractivity contribution is -0.139. The summed E-state index contributed by atoms with van der Waals surface area (Å²) in [7, 11) is 0. The third-order valence-corrected chi connectivity index (χ3v) is 7.32. The lowest BCUT2D eigenvalue weighted by Gasteiger charge is -2.42. The monoisotopic (exact) mass is 449 g/mol. The molecule has 3 aromatic carbocycles. The van der Waals surface area contributed by atoms with Gasteiger partial charge in [-0.2, -0.15) is 0 Å². The highest BCUT2D eigenvalue weighted by atomic mass is 32.2. The third kappa shape index (κ3) is 5.00. The average Bonchev–Trinajstić information content (AvgIpc) is 2.82. The molecule has 5 heteroatoms. The predicted molar refractivity (Wildman–Crippen MR) is 132 cm³/mol. The highest BCUT2D eigenvalue weighted by Crippen LogP contribution is 2.54. The Morgan fingerprint density at radius 3 is 1.81 bits per heavy atom. The molecule has 0 spiro atoms. The maximum Gasteiger partial charge on any atom is 0.321 e. The molecule has 1 atom stereocenters. The van der Waals surface area contributed by atoms with Gasteiger partial charge in [0, 0.05) is 4.75 Å². The number of nitrogens with two attached hydrogens (primary N) is 1. The molecule has 3 aromatic rings. The Bertz CT molecular complexity index is 965. The molecule has 0 saturated carbocycles. The summed E-state index contributed by atoms with van der Waals surface area (Å²) < 4.78 is 4.37. The van der Waals surface area contributed by atoms with Crippen LogP contribution in [0.5, 0.6) is 5.75 Å². The van der Waals surface area contributed by atoms with E-state index in [1.54, 1.807) is 11.8 Å². The molecule has 0 bridgehead atoms. The molecular weight excluding hydrogens is 418 g/mol. The van der Waals surface area contributed by atoms with Crippen LogP contribution in [-0.2, 0) is 9.54 Å². The van der Waals surface area contributed by atoms with Crippen LogP contribution < -0.4 is 10.5 Å². The quantitative estimate of drug-likeness (QED) is 0.389. The maximum absolute atomic E-state index is 11.8. The summed E-state index contributed by atoms with van der Waals surface area (Å²) in [4.78, 5) is 11.8. The van der Waals surface area contributed by atoms with Gasteiger partial charge in [-0.3, -0.25) is 4.79 Å². The molecule has 0 radical (unpaired) electrons. The van der Waals surface area contributed by atoms with Crippen LogP contribution in [0.15, 0.2) is 84.9 Å². The summed E-state index contributed by atoms with van der Waals surface area (Å²) in [5, 5.41) is 9.69. The van der Waals surface area contributed by atoms with Gasteiger partial charge in [-0.25, -0.2) is 0 Å². The zero-order valence-electron chi connectivity index (χ0n) is 18.8. The summed E-state index contributed by atoms with van der Waals surface area (Å²) >= 11 is 1.57. The Hall–Kier alpha value is -2.76. The summed E-state index contributed by atoms with van der Waals surface area (Å²) in [5.74, 6) is -0.196. The average molecular weight is 450 g/mol. The molecule has 168 valence electrons. The molecule has 0 aliphatic heterocycles. The Morgan fingerprint density at radius 2 is 1.38 bits per heavy atom. The zero-order chi connectivity index (χ0) is 23.2. The van der Waals surface area contributed by atoms with Crippen molar-refractivity contribution in [2.24, 2.45) is 5.73 Å². The number of carboxylic acids is 1. The van der Waals surface area contributed by atoms with E-state index < -0.39 is 21.5 Å². The Balaban J connectivity index is 2.24. The Kier molecular flexibility index (Phi) is 7.64. The van der Waals surface area contributed by atoms with Gasteiger partial charge in [0.1, 0.15) is 11.8 Å². The fraction of sp³-hybridized carbons (Fsp3) is 0.296. The topological polar surface area (TPSA) is 72.5 Å². The van der Waals surface area contributed by atoms with E-state index in [1.807, 2.05) is 62.4 Å². The van der Waals surface area contributed by atoms with E-state index >= 15 is 0 Å². The van der Waals surface area contributed by atoms with Crippen LogP contribution in [0.4, 0.5) is 0 Å². The third-order valence-electron chi connectivity index (χ3n) is 5.53. The van der Waals surface area contributed by atoms with E-state index in [0.717, 1.165) is 28.9 Å². The van der Waals surface area contributed by atoms with E-state index in [9.17, 15) is 9.90 Å². The van der Waals surface area contributed by atoms with Gasteiger partial charge in [-0.05, 0) is 49.1 Å². The second-order valence-corrected chi connectivity index (χ2v) is 10.2. The van der Waals surface area contributed by atoms with Gasteiger partial charge in [0.2, 0.25) is 0 Å². The molecule has 0 saturated heterocycles. The smallest absolute Gasteiger partial charge is 0.321 e. The minimum absolute atomic E-state index is 0.664. The highest BCUT2D eigenvalue weighted by molar-refractivity contribution is 8.02. The Morgan fingerprint density at radius 1 is 0.906 bits per heavy atom. The normalized spacial score (nSPS) is 12.9. The molecule has 0 amide bonds. The molecule has 0 fully saturated rings. The maximum atomic E-state index is 11.8. The molecule has 0 aromatic heterocycles. The van der Waals surface area contributed by atoms with Crippen molar-refractivity contribution < 1.29 is 14.6 Å². The molecule has 0 unspecified atom stereocenters. The first kappa shape index (κ1) is 23.9. The van der Waals surface area contributed by atoms with Crippen molar-refractivity contribution in [3.63, 3.8) is 0 Å². The number of hydrogen-bond donors (Lipinski definition) is 2. The molecule has 0 aliphatic rings. The number of carbonyl (C=O) groups is 1. The fourth-order valence-electron chi connectivity index (χ4n) is 3.78. The zero-order valence-corrected chi connectivity index (χ0v) is 19.6. The summed E-state index contributed by atoms with van der Waals surface area (Å²) in [5.41, 5.74) is 9.33. The van der Waals surface area contributed by atoms with Gasteiger partial charge in [-0.15, -0.1) is 11.8 Å². The van der Waals surface area contributed by atoms with Crippen LogP contribution in [0.2, 0.25) is 0 Å². The van der Waals surface area contributed by atoms with E-state index in [4.69, 9.17) is 10.5 Å². The molecule has 3 N–H and O–H groups in total. The van der Waals surface area contributed by atoms with Crippen molar-refractivity contribution in [2.75, 3.05) is 6.61 Å². The standard InChI is InChI=1S/C27H31NO3S/c1-4-19-31-23-17-15-22(16-18-23)27(20-11-7-5-8-12-20,21-13-9-6-10-14-21)32-26(2,3)24(28)25(29)30/h5-18,24H,4,19,28H2,1-3H3,(H,29,30)/t24-/m1/s1. The number of benzene rings is 3. The van der Waals surface area contributed by atoms with E-state index in [2.05, 4.69) is 43.3 Å². The SMILES string of the molecule is CCCOc1ccc(C(SC(C)(C)[C@H](N)C(=O)O)(c2ccccc2)c2ccccc2)cc1. The van der Waals surface area contributed by atoms with E-state index in [1.165, 1.54) is 0 Å². The van der Waals surface area contributed by atoms with Gasteiger partial charge < -0.3 is 15.6 Å². The van der Waals surface area contributed by atoms with Crippen LogP contribution in [0.1, 0.15) is 43.9 Å². The lowest BCUT2D eigenvalue weighted by atomic mass is 9.84. The molecule has 0 heterocycles. The van der Waals surface area contributed by atoms with Gasteiger partial charge >= 0.3 is 5.97 Å². The van der Waals surface area contributed by atoms with Gasteiger partial charge in [0.05, 0.1) is 11.4 Å². The second kappa shape index (κ2) is 10.2. The van der Waals surface area contributed by atoms with Crippen molar-refractivity contribution in [1.82, 2.24) is 0 Å². The molecule has 32 heavy (non-hydrogen) atoms. The van der Waals surface area contributed by atoms with Crippen LogP contribution in [0.3, 0.4) is 0 Å². The second-order valence-electron chi connectivity index (χ2n) is 8.31. The van der Waals surface area contributed by atoms with Crippen LogP contribution in [0, 0.1) is 0 Å². The Labute approximate surface area is 194 Å².